The van der Waals surface area contributed by atoms with Crippen molar-refractivity contribution in [2.45, 2.75) is 25.4 Å². The van der Waals surface area contributed by atoms with E-state index in [9.17, 15) is 18.0 Å². The molecule has 1 N–H and O–H groups in total. The van der Waals surface area contributed by atoms with Crippen LogP contribution in [0.4, 0.5) is 13.2 Å². The first-order chi connectivity index (χ1) is 5.61. The van der Waals surface area contributed by atoms with E-state index in [1.165, 1.54) is 0 Å². The highest BCUT2D eigenvalue weighted by molar-refractivity contribution is 5.76. The molecule has 0 spiro atoms. The van der Waals surface area contributed by atoms with Crippen LogP contribution in [0.5, 0.6) is 0 Å². The van der Waals surface area contributed by atoms with Crippen molar-refractivity contribution in [2.24, 2.45) is 5.92 Å². The van der Waals surface area contributed by atoms with Gasteiger partial charge in [0.05, 0.1) is 0 Å². The van der Waals surface area contributed by atoms with Crippen molar-refractivity contribution in [3.63, 3.8) is 0 Å². The Morgan fingerprint density at radius 2 is 2.08 bits per heavy atom. The highest BCUT2D eigenvalue weighted by atomic mass is 19.3. The lowest BCUT2D eigenvalue weighted by Crippen LogP contribution is -2.40. The van der Waals surface area contributed by atoms with Crippen LogP contribution in [0.3, 0.4) is 0 Å². The fraction of sp³-hybridized carbons (Fsp3) is 0.857. The summed E-state index contributed by atoms with van der Waals surface area (Å²) in [7, 11) is 0. The van der Waals surface area contributed by atoms with Gasteiger partial charge in [-0.05, 0) is 6.42 Å². The zero-order valence-corrected chi connectivity index (χ0v) is 6.40. The number of rotatable bonds is 2. The molecule has 1 amide bonds. The van der Waals surface area contributed by atoms with E-state index in [2.05, 4.69) is 5.32 Å². The van der Waals surface area contributed by atoms with Crippen molar-refractivity contribution < 1.29 is 18.0 Å². The summed E-state index contributed by atoms with van der Waals surface area (Å²) >= 11 is 0. The molecule has 0 aromatic carbocycles. The first kappa shape index (κ1) is 9.35. The van der Waals surface area contributed by atoms with Crippen LogP contribution in [0.15, 0.2) is 0 Å². The molecule has 1 aliphatic heterocycles. The second-order valence-corrected chi connectivity index (χ2v) is 2.88. The monoisotopic (exact) mass is 181 g/mol. The molecule has 1 saturated heterocycles. The van der Waals surface area contributed by atoms with E-state index in [-0.39, 0.29) is 25.3 Å². The van der Waals surface area contributed by atoms with Crippen molar-refractivity contribution in [2.75, 3.05) is 6.54 Å². The number of hydrogen-bond acceptors (Lipinski definition) is 1. The smallest absolute Gasteiger partial charge is 0.269 e. The van der Waals surface area contributed by atoms with Gasteiger partial charge in [0, 0.05) is 18.9 Å². The van der Waals surface area contributed by atoms with Gasteiger partial charge in [-0.3, -0.25) is 4.79 Å². The summed E-state index contributed by atoms with van der Waals surface area (Å²) in [5.41, 5.74) is 0. The molecule has 0 saturated carbocycles. The molecule has 0 aromatic rings. The molecule has 1 rings (SSSR count). The predicted octanol–water partition coefficient (Wildman–Crippen LogP) is 1.12. The number of carbonyl (C=O) groups excluding carboxylic acids is 1. The Hall–Kier alpha value is -0.740. The van der Waals surface area contributed by atoms with Crippen molar-refractivity contribution in [1.82, 2.24) is 5.32 Å². The minimum absolute atomic E-state index is 0.0321. The van der Waals surface area contributed by atoms with Gasteiger partial charge < -0.3 is 5.32 Å². The van der Waals surface area contributed by atoms with Crippen LogP contribution in [0.2, 0.25) is 0 Å². The topological polar surface area (TPSA) is 29.1 Å². The van der Waals surface area contributed by atoms with Gasteiger partial charge in [0.15, 0.2) is 6.17 Å². The number of hydrogen-bond donors (Lipinski definition) is 1. The lowest BCUT2D eigenvalue weighted by molar-refractivity contribution is -0.124. The maximum Gasteiger partial charge on any atom is 0.269 e. The summed E-state index contributed by atoms with van der Waals surface area (Å²) in [6.07, 6.45) is -4.68. The van der Waals surface area contributed by atoms with Crippen molar-refractivity contribution >= 4 is 5.91 Å². The molecule has 12 heavy (non-hydrogen) atoms. The Morgan fingerprint density at radius 3 is 2.50 bits per heavy atom. The minimum Gasteiger partial charge on any atom is -0.356 e. The predicted molar refractivity (Wildman–Crippen MR) is 36.6 cm³/mol. The summed E-state index contributed by atoms with van der Waals surface area (Å²) in [4.78, 5) is 10.6. The van der Waals surface area contributed by atoms with Crippen molar-refractivity contribution in [3.8, 4) is 0 Å². The van der Waals surface area contributed by atoms with E-state index in [4.69, 9.17) is 0 Å². The van der Waals surface area contributed by atoms with Crippen LogP contribution in [-0.2, 0) is 4.79 Å². The first-order valence-corrected chi connectivity index (χ1v) is 3.80. The molecule has 5 heteroatoms. The van der Waals surface area contributed by atoms with Gasteiger partial charge in [0.2, 0.25) is 5.91 Å². The van der Waals surface area contributed by atoms with E-state index < -0.39 is 18.5 Å². The van der Waals surface area contributed by atoms with Crippen molar-refractivity contribution in [3.05, 3.63) is 0 Å². The molecule has 0 radical (unpaired) electrons. The molecular weight excluding hydrogens is 171 g/mol. The zero-order chi connectivity index (χ0) is 9.14. The summed E-state index contributed by atoms with van der Waals surface area (Å²) < 4.78 is 36.3. The highest BCUT2D eigenvalue weighted by Gasteiger charge is 2.32. The van der Waals surface area contributed by atoms with Gasteiger partial charge in [0.1, 0.15) is 0 Å². The van der Waals surface area contributed by atoms with Gasteiger partial charge in [-0.1, -0.05) is 0 Å². The molecule has 2 unspecified atom stereocenters. The van der Waals surface area contributed by atoms with E-state index >= 15 is 0 Å². The van der Waals surface area contributed by atoms with Gasteiger partial charge in [-0.15, -0.1) is 0 Å². The van der Waals surface area contributed by atoms with Crippen LogP contribution in [0, 0.1) is 5.92 Å². The Morgan fingerprint density at radius 1 is 1.42 bits per heavy atom. The third-order valence-electron chi connectivity index (χ3n) is 1.99. The van der Waals surface area contributed by atoms with Crippen LogP contribution in [0.1, 0.15) is 12.8 Å². The molecule has 2 atom stereocenters. The molecule has 2 nitrogen and oxygen atoms in total. The average molecular weight is 181 g/mol. The van der Waals surface area contributed by atoms with E-state index in [0.717, 1.165) is 0 Å². The largest absolute Gasteiger partial charge is 0.356 e. The van der Waals surface area contributed by atoms with Crippen LogP contribution in [0.25, 0.3) is 0 Å². The lowest BCUT2D eigenvalue weighted by Gasteiger charge is -2.24. The first-order valence-electron chi connectivity index (χ1n) is 3.80. The molecule has 0 aliphatic carbocycles. The van der Waals surface area contributed by atoms with Gasteiger partial charge in [-0.2, -0.15) is 0 Å². The van der Waals surface area contributed by atoms with Gasteiger partial charge >= 0.3 is 0 Å². The van der Waals surface area contributed by atoms with Crippen LogP contribution >= 0.6 is 0 Å². The van der Waals surface area contributed by atoms with E-state index in [0.29, 0.717) is 0 Å². The van der Waals surface area contributed by atoms with E-state index in [1.807, 2.05) is 0 Å². The summed E-state index contributed by atoms with van der Waals surface area (Å²) in [5, 5.41) is 2.36. The van der Waals surface area contributed by atoms with Crippen LogP contribution in [-0.4, -0.2) is 25.0 Å². The number of nitrogens with one attached hydrogen (secondary N) is 1. The molecular formula is C7H10F3NO. The molecule has 1 fully saturated rings. The Bertz CT molecular complexity index is 164. The maximum absolute atomic E-state index is 12.6. The quantitative estimate of drug-likeness (QED) is 0.679. The third kappa shape index (κ3) is 2.12. The number of amides is 1. The highest BCUT2D eigenvalue weighted by Crippen LogP contribution is 2.22. The van der Waals surface area contributed by atoms with Crippen molar-refractivity contribution in [1.29, 1.82) is 0 Å². The molecule has 0 aromatic heterocycles. The number of halogens is 3. The molecule has 1 aliphatic rings. The van der Waals surface area contributed by atoms with Gasteiger partial charge in [0.25, 0.3) is 6.43 Å². The maximum atomic E-state index is 12.6. The standard InChI is InChI=1S/C7H10F3NO/c8-6(7(9)10)4-1-2-5(12)11-3-4/h4,6-7H,1-3H2,(H,11,12). The number of carbonyl (C=O) groups is 1. The average Bonchev–Trinajstić information content (AvgIpc) is 2.04. The second kappa shape index (κ2) is 3.78. The minimum atomic E-state index is -2.94. The van der Waals surface area contributed by atoms with Crippen LogP contribution < -0.4 is 5.32 Å². The summed E-state index contributed by atoms with van der Waals surface area (Å²) in [6, 6.07) is 0. The second-order valence-electron chi connectivity index (χ2n) is 2.88. The Labute approximate surface area is 68.1 Å². The normalized spacial score (nSPS) is 27.0. The molecule has 1 heterocycles. The Balaban J connectivity index is 2.38. The third-order valence-corrected chi connectivity index (χ3v) is 1.99. The lowest BCUT2D eigenvalue weighted by atomic mass is 9.94. The summed E-state index contributed by atoms with van der Waals surface area (Å²) in [5.74, 6) is -0.907. The Kier molecular flexibility index (Phi) is 2.94. The fourth-order valence-electron chi connectivity index (χ4n) is 1.23. The zero-order valence-electron chi connectivity index (χ0n) is 6.40. The molecule has 70 valence electrons. The number of piperidine rings is 1. The SMILES string of the molecule is O=C1CCC(C(F)C(F)F)CN1. The van der Waals surface area contributed by atoms with Gasteiger partial charge in [-0.25, -0.2) is 13.2 Å². The molecule has 0 bridgehead atoms. The summed E-state index contributed by atoms with van der Waals surface area (Å²) in [6.45, 7) is 0.0321. The fourth-order valence-corrected chi connectivity index (χ4v) is 1.23. The number of alkyl halides is 3. The van der Waals surface area contributed by atoms with E-state index in [1.54, 1.807) is 0 Å².